The van der Waals surface area contributed by atoms with Gasteiger partial charge in [-0.05, 0) is 18.3 Å². The maximum atomic E-state index is 12.4. The van der Waals surface area contributed by atoms with Crippen LogP contribution in [0.5, 0.6) is 0 Å². The highest BCUT2D eigenvalue weighted by Crippen LogP contribution is 2.26. The minimum atomic E-state index is -0.457. The number of amides is 3. The summed E-state index contributed by atoms with van der Waals surface area (Å²) in [5.41, 5.74) is -0.100. The topological polar surface area (TPSA) is 69.7 Å². The SMILES string of the molecule is CC(C)(C)CC(=O)N1CSC[C@H]1C(=O)NCC(=O)N1CCCC1. The Balaban J connectivity index is 1.85. The number of hydrogen-bond acceptors (Lipinski definition) is 4. The van der Waals surface area contributed by atoms with Crippen LogP contribution < -0.4 is 5.32 Å². The van der Waals surface area contributed by atoms with Crippen molar-refractivity contribution in [2.24, 2.45) is 5.41 Å². The molecule has 0 radical (unpaired) electrons. The van der Waals surface area contributed by atoms with E-state index in [1.165, 1.54) is 0 Å². The molecule has 2 rings (SSSR count). The summed E-state index contributed by atoms with van der Waals surface area (Å²) < 4.78 is 0. The van der Waals surface area contributed by atoms with Crippen LogP contribution in [0.3, 0.4) is 0 Å². The van der Waals surface area contributed by atoms with Gasteiger partial charge >= 0.3 is 0 Å². The van der Waals surface area contributed by atoms with Gasteiger partial charge in [0.15, 0.2) is 0 Å². The fraction of sp³-hybridized carbons (Fsp3) is 0.812. The molecule has 3 amide bonds. The van der Waals surface area contributed by atoms with Gasteiger partial charge in [0.25, 0.3) is 0 Å². The Hall–Kier alpha value is -1.24. The van der Waals surface area contributed by atoms with Crippen molar-refractivity contribution >= 4 is 29.5 Å². The first-order chi connectivity index (χ1) is 10.8. The fourth-order valence-corrected chi connectivity index (χ4v) is 4.00. The van der Waals surface area contributed by atoms with E-state index in [0.717, 1.165) is 25.9 Å². The van der Waals surface area contributed by atoms with Crippen molar-refractivity contribution in [1.82, 2.24) is 15.1 Å². The number of thioether (sulfide) groups is 1. The van der Waals surface area contributed by atoms with E-state index in [9.17, 15) is 14.4 Å². The fourth-order valence-electron chi connectivity index (χ4n) is 2.82. The van der Waals surface area contributed by atoms with Crippen LogP contribution in [0.25, 0.3) is 0 Å². The molecule has 1 atom stereocenters. The van der Waals surface area contributed by atoms with E-state index in [1.54, 1.807) is 21.6 Å². The van der Waals surface area contributed by atoms with E-state index < -0.39 is 6.04 Å². The van der Waals surface area contributed by atoms with Gasteiger partial charge in [0.2, 0.25) is 17.7 Å². The molecule has 2 saturated heterocycles. The van der Waals surface area contributed by atoms with Crippen LogP contribution in [0, 0.1) is 5.41 Å². The third-order valence-corrected chi connectivity index (χ3v) is 5.07. The van der Waals surface area contributed by atoms with Crippen molar-refractivity contribution in [3.63, 3.8) is 0 Å². The Morgan fingerprint density at radius 1 is 1.13 bits per heavy atom. The maximum absolute atomic E-state index is 12.4. The smallest absolute Gasteiger partial charge is 0.244 e. The number of carbonyl (C=O) groups excluding carboxylic acids is 3. The van der Waals surface area contributed by atoms with E-state index in [-0.39, 0.29) is 29.7 Å². The molecule has 0 saturated carbocycles. The third kappa shape index (κ3) is 5.12. The van der Waals surface area contributed by atoms with Crippen molar-refractivity contribution < 1.29 is 14.4 Å². The van der Waals surface area contributed by atoms with Crippen LogP contribution in [-0.4, -0.2) is 64.8 Å². The van der Waals surface area contributed by atoms with Crippen LogP contribution in [0.15, 0.2) is 0 Å². The summed E-state index contributed by atoms with van der Waals surface area (Å²) in [6.07, 6.45) is 2.49. The molecule has 0 aromatic carbocycles. The molecule has 0 aromatic rings. The summed E-state index contributed by atoms with van der Waals surface area (Å²) in [5, 5.41) is 2.71. The molecule has 1 N–H and O–H groups in total. The molecule has 130 valence electrons. The number of nitrogens with one attached hydrogen (secondary N) is 1. The highest BCUT2D eigenvalue weighted by molar-refractivity contribution is 7.99. The molecule has 2 heterocycles. The summed E-state index contributed by atoms with van der Waals surface area (Å²) in [6, 6.07) is -0.457. The summed E-state index contributed by atoms with van der Waals surface area (Å²) in [6.45, 7) is 7.63. The molecule has 2 aliphatic rings. The van der Waals surface area contributed by atoms with Gasteiger partial charge in [-0.2, -0.15) is 0 Å². The molecule has 0 spiro atoms. The highest BCUT2D eigenvalue weighted by atomic mass is 32.2. The molecule has 0 aromatic heterocycles. The number of carbonyl (C=O) groups is 3. The van der Waals surface area contributed by atoms with Gasteiger partial charge in [-0.25, -0.2) is 0 Å². The largest absolute Gasteiger partial charge is 0.345 e. The van der Waals surface area contributed by atoms with Crippen molar-refractivity contribution in [1.29, 1.82) is 0 Å². The molecular weight excluding hydrogens is 314 g/mol. The van der Waals surface area contributed by atoms with Crippen molar-refractivity contribution in [3.05, 3.63) is 0 Å². The van der Waals surface area contributed by atoms with E-state index in [4.69, 9.17) is 0 Å². The highest BCUT2D eigenvalue weighted by Gasteiger charge is 2.36. The average molecular weight is 341 g/mol. The quantitative estimate of drug-likeness (QED) is 0.830. The number of likely N-dealkylation sites (tertiary alicyclic amines) is 1. The monoisotopic (exact) mass is 341 g/mol. The molecule has 2 fully saturated rings. The Labute approximate surface area is 142 Å². The lowest BCUT2D eigenvalue weighted by Gasteiger charge is -2.27. The van der Waals surface area contributed by atoms with Crippen molar-refractivity contribution in [2.75, 3.05) is 31.3 Å². The lowest BCUT2D eigenvalue weighted by molar-refractivity contribution is -0.140. The molecule has 0 unspecified atom stereocenters. The first kappa shape index (κ1) is 18.1. The molecule has 7 heteroatoms. The minimum absolute atomic E-state index is 0.00789. The summed E-state index contributed by atoms with van der Waals surface area (Å²) >= 11 is 1.58. The zero-order chi connectivity index (χ0) is 17.0. The standard InChI is InChI=1S/C16H27N3O3S/c1-16(2,3)8-13(20)19-11-23-10-12(19)15(22)17-9-14(21)18-6-4-5-7-18/h12H,4-11H2,1-3H3,(H,17,22)/t12-/m0/s1. The van der Waals surface area contributed by atoms with Crippen LogP contribution >= 0.6 is 11.8 Å². The summed E-state index contributed by atoms with van der Waals surface area (Å²) in [4.78, 5) is 40.2. The predicted molar refractivity (Wildman–Crippen MR) is 90.9 cm³/mol. The van der Waals surface area contributed by atoms with Crippen molar-refractivity contribution in [2.45, 2.75) is 46.1 Å². The molecule has 0 bridgehead atoms. The zero-order valence-corrected chi connectivity index (χ0v) is 15.1. The van der Waals surface area contributed by atoms with E-state index in [1.807, 2.05) is 20.8 Å². The lowest BCUT2D eigenvalue weighted by Crippen LogP contribution is -2.50. The van der Waals surface area contributed by atoms with Crippen LogP contribution in [0.1, 0.15) is 40.0 Å². The lowest BCUT2D eigenvalue weighted by atomic mass is 9.91. The summed E-state index contributed by atoms with van der Waals surface area (Å²) in [7, 11) is 0. The van der Waals surface area contributed by atoms with Gasteiger partial charge in [-0.15, -0.1) is 11.8 Å². The Morgan fingerprint density at radius 3 is 2.39 bits per heavy atom. The molecule has 23 heavy (non-hydrogen) atoms. The molecule has 0 aliphatic carbocycles. The minimum Gasteiger partial charge on any atom is -0.345 e. The van der Waals surface area contributed by atoms with Crippen molar-refractivity contribution in [3.8, 4) is 0 Å². The predicted octanol–water partition coefficient (Wildman–Crippen LogP) is 1.06. The van der Waals surface area contributed by atoms with Gasteiger partial charge in [0.1, 0.15) is 6.04 Å². The van der Waals surface area contributed by atoms with Gasteiger partial charge in [0, 0.05) is 25.3 Å². The second-order valence-corrected chi connectivity index (χ2v) is 8.42. The summed E-state index contributed by atoms with van der Waals surface area (Å²) in [5.74, 6) is 0.902. The van der Waals surface area contributed by atoms with Crippen LogP contribution in [0.2, 0.25) is 0 Å². The maximum Gasteiger partial charge on any atom is 0.244 e. The van der Waals surface area contributed by atoms with E-state index in [2.05, 4.69) is 5.32 Å². The second kappa shape index (κ2) is 7.55. The normalized spacial score (nSPS) is 21.6. The van der Waals surface area contributed by atoms with Gasteiger partial charge in [0.05, 0.1) is 12.4 Å². The van der Waals surface area contributed by atoms with E-state index >= 15 is 0 Å². The second-order valence-electron chi connectivity index (χ2n) is 7.42. The van der Waals surface area contributed by atoms with E-state index in [0.29, 0.717) is 18.1 Å². The van der Waals surface area contributed by atoms with Crippen LogP contribution in [0.4, 0.5) is 0 Å². The van der Waals surface area contributed by atoms with Gasteiger partial charge in [-0.3, -0.25) is 14.4 Å². The molecule has 2 aliphatic heterocycles. The molecule has 6 nitrogen and oxygen atoms in total. The first-order valence-corrected chi connectivity index (χ1v) is 9.36. The average Bonchev–Trinajstić information content (AvgIpc) is 3.12. The molecular formula is C16H27N3O3S. The Morgan fingerprint density at radius 2 is 1.78 bits per heavy atom. The van der Waals surface area contributed by atoms with Gasteiger partial charge in [-0.1, -0.05) is 20.8 Å². The van der Waals surface area contributed by atoms with Gasteiger partial charge < -0.3 is 15.1 Å². The Bertz CT molecular complexity index is 470. The third-order valence-electron chi connectivity index (χ3n) is 4.06. The number of nitrogens with zero attached hydrogens (tertiary/aromatic N) is 2. The van der Waals surface area contributed by atoms with Crippen LogP contribution in [-0.2, 0) is 14.4 Å². The zero-order valence-electron chi connectivity index (χ0n) is 14.3. The number of rotatable bonds is 4. The Kier molecular flexibility index (Phi) is 5.95. The number of hydrogen-bond donors (Lipinski definition) is 1. The first-order valence-electron chi connectivity index (χ1n) is 8.20.